The van der Waals surface area contributed by atoms with Crippen LogP contribution in [-0.4, -0.2) is 19.1 Å². The number of hydrogen-bond acceptors (Lipinski definition) is 3. The molecule has 0 saturated heterocycles. The summed E-state index contributed by atoms with van der Waals surface area (Å²) in [6.45, 7) is 3.83. The molecule has 0 saturated carbocycles. The number of benzene rings is 2. The lowest BCUT2D eigenvalue weighted by Gasteiger charge is -2.14. The maximum atomic E-state index is 11.0. The number of ether oxygens (including phenoxy) is 1. The lowest BCUT2D eigenvalue weighted by Crippen LogP contribution is -2.21. The molecule has 3 N–H and O–H groups in total. The molecule has 0 heterocycles. The number of primary amides is 1. The van der Waals surface area contributed by atoms with Crippen molar-refractivity contribution in [2.75, 3.05) is 13.2 Å². The molecule has 0 aliphatic rings. The molecular formula is C19H27ClN2O2. The van der Waals surface area contributed by atoms with E-state index < -0.39 is 5.91 Å². The molecule has 0 spiro atoms. The van der Waals surface area contributed by atoms with E-state index in [9.17, 15) is 4.79 Å². The number of nitrogens with one attached hydrogen (secondary N) is 1. The number of unbranched alkanes of at least 4 members (excludes halogenated alkanes) is 3. The second kappa shape index (κ2) is 10.9. The highest BCUT2D eigenvalue weighted by Gasteiger charge is 2.09. The molecule has 0 aromatic heterocycles. The highest BCUT2D eigenvalue weighted by molar-refractivity contribution is 5.88. The van der Waals surface area contributed by atoms with Crippen LogP contribution in [0.2, 0.25) is 0 Å². The summed E-state index contributed by atoms with van der Waals surface area (Å²) >= 11 is 0. The second-order valence-corrected chi connectivity index (χ2v) is 5.76. The van der Waals surface area contributed by atoms with E-state index in [4.69, 9.17) is 10.5 Å². The van der Waals surface area contributed by atoms with E-state index in [-0.39, 0.29) is 19.0 Å². The molecule has 2 aromatic rings. The molecule has 0 aliphatic heterocycles. The lowest BCUT2D eigenvalue weighted by atomic mass is 10.0. The first-order valence-electron chi connectivity index (χ1n) is 8.34. The average Bonchev–Trinajstić information content (AvgIpc) is 2.56. The summed E-state index contributed by atoms with van der Waals surface area (Å²) in [7, 11) is 0. The largest absolute Gasteiger partial charge is 0.483 e. The maximum Gasteiger partial charge on any atom is 0.255 e. The van der Waals surface area contributed by atoms with Crippen LogP contribution in [0, 0.1) is 0 Å². The summed E-state index contributed by atoms with van der Waals surface area (Å²) in [5, 5.41) is 5.80. The van der Waals surface area contributed by atoms with Crippen LogP contribution in [0.4, 0.5) is 0 Å². The molecule has 2 aromatic carbocycles. The molecule has 0 bridgehead atoms. The first kappa shape index (κ1) is 20.3. The molecule has 24 heavy (non-hydrogen) atoms. The van der Waals surface area contributed by atoms with Gasteiger partial charge in [-0.05, 0) is 29.8 Å². The zero-order valence-corrected chi connectivity index (χ0v) is 15.0. The van der Waals surface area contributed by atoms with Crippen molar-refractivity contribution in [2.45, 2.75) is 39.2 Å². The van der Waals surface area contributed by atoms with Gasteiger partial charge in [0.25, 0.3) is 5.91 Å². The van der Waals surface area contributed by atoms with Gasteiger partial charge in [-0.25, -0.2) is 0 Å². The molecular weight excluding hydrogens is 324 g/mol. The van der Waals surface area contributed by atoms with Crippen molar-refractivity contribution in [1.82, 2.24) is 5.32 Å². The number of carbonyl (C=O) groups is 1. The van der Waals surface area contributed by atoms with Gasteiger partial charge in [-0.1, -0.05) is 56.5 Å². The van der Waals surface area contributed by atoms with Gasteiger partial charge < -0.3 is 15.8 Å². The number of hydrogen-bond donors (Lipinski definition) is 2. The molecule has 1 amide bonds. The molecule has 0 aliphatic carbocycles. The Kier molecular flexibility index (Phi) is 9.20. The number of rotatable bonds is 10. The zero-order chi connectivity index (χ0) is 16.5. The first-order valence-corrected chi connectivity index (χ1v) is 8.34. The van der Waals surface area contributed by atoms with E-state index in [1.54, 1.807) is 0 Å². The molecule has 5 heteroatoms. The topological polar surface area (TPSA) is 64.3 Å². The Morgan fingerprint density at radius 2 is 1.92 bits per heavy atom. The van der Waals surface area contributed by atoms with Crippen molar-refractivity contribution < 1.29 is 9.53 Å². The Balaban J connectivity index is 0.00000288. The van der Waals surface area contributed by atoms with Gasteiger partial charge in [0.1, 0.15) is 5.75 Å². The van der Waals surface area contributed by atoms with Gasteiger partial charge >= 0.3 is 0 Å². The van der Waals surface area contributed by atoms with Crippen molar-refractivity contribution in [3.8, 4) is 5.75 Å². The van der Waals surface area contributed by atoms with Gasteiger partial charge in [-0.15, -0.1) is 12.4 Å². The van der Waals surface area contributed by atoms with E-state index in [1.807, 2.05) is 24.3 Å². The van der Waals surface area contributed by atoms with Crippen LogP contribution < -0.4 is 15.8 Å². The van der Waals surface area contributed by atoms with E-state index in [2.05, 4.69) is 24.4 Å². The maximum absolute atomic E-state index is 11.0. The van der Waals surface area contributed by atoms with Crippen LogP contribution in [0.3, 0.4) is 0 Å². The van der Waals surface area contributed by atoms with Crippen LogP contribution in [0.1, 0.15) is 38.2 Å². The molecule has 132 valence electrons. The SMILES string of the molecule is CCCCCCNCc1c(OCC(N)=O)ccc2ccccc12.Cl. The fourth-order valence-corrected chi connectivity index (χ4v) is 2.67. The third kappa shape index (κ3) is 6.02. The molecule has 0 unspecified atom stereocenters. The summed E-state index contributed by atoms with van der Waals surface area (Å²) in [6.07, 6.45) is 4.96. The summed E-state index contributed by atoms with van der Waals surface area (Å²) in [4.78, 5) is 11.0. The monoisotopic (exact) mass is 350 g/mol. The van der Waals surface area contributed by atoms with Gasteiger partial charge in [-0.2, -0.15) is 0 Å². The predicted octanol–water partition coefficient (Wildman–Crippen LogP) is 3.80. The van der Waals surface area contributed by atoms with Gasteiger partial charge in [-0.3, -0.25) is 4.79 Å². The Morgan fingerprint density at radius 1 is 1.12 bits per heavy atom. The summed E-state index contributed by atoms with van der Waals surface area (Å²) in [5.74, 6) is 0.264. The minimum absolute atomic E-state index is 0. The predicted molar refractivity (Wildman–Crippen MR) is 102 cm³/mol. The van der Waals surface area contributed by atoms with Crippen molar-refractivity contribution in [1.29, 1.82) is 0 Å². The van der Waals surface area contributed by atoms with Crippen molar-refractivity contribution >= 4 is 29.1 Å². The molecule has 0 radical (unpaired) electrons. The molecule has 0 atom stereocenters. The van der Waals surface area contributed by atoms with Crippen molar-refractivity contribution in [3.05, 3.63) is 42.0 Å². The fourth-order valence-electron chi connectivity index (χ4n) is 2.67. The zero-order valence-electron chi connectivity index (χ0n) is 14.2. The number of halogens is 1. The molecule has 2 rings (SSSR count). The van der Waals surface area contributed by atoms with Crippen molar-refractivity contribution in [2.24, 2.45) is 5.73 Å². The molecule has 0 fully saturated rings. The van der Waals surface area contributed by atoms with Crippen LogP contribution in [0.25, 0.3) is 10.8 Å². The van der Waals surface area contributed by atoms with Gasteiger partial charge in [0.2, 0.25) is 0 Å². The average molecular weight is 351 g/mol. The van der Waals surface area contributed by atoms with E-state index in [1.165, 1.54) is 31.1 Å². The quantitative estimate of drug-likeness (QED) is 0.640. The smallest absolute Gasteiger partial charge is 0.255 e. The van der Waals surface area contributed by atoms with E-state index >= 15 is 0 Å². The van der Waals surface area contributed by atoms with Gasteiger partial charge in [0.15, 0.2) is 6.61 Å². The first-order chi connectivity index (χ1) is 11.2. The van der Waals surface area contributed by atoms with Gasteiger partial charge in [0, 0.05) is 12.1 Å². The van der Waals surface area contributed by atoms with Gasteiger partial charge in [0.05, 0.1) is 0 Å². The Morgan fingerprint density at radius 3 is 2.67 bits per heavy atom. The van der Waals surface area contributed by atoms with Crippen LogP contribution in [0.15, 0.2) is 36.4 Å². The Bertz CT molecular complexity index is 646. The van der Waals surface area contributed by atoms with E-state index in [0.29, 0.717) is 0 Å². The van der Waals surface area contributed by atoms with E-state index in [0.717, 1.165) is 29.8 Å². The Labute approximate surface area is 150 Å². The minimum atomic E-state index is -0.461. The normalized spacial score (nSPS) is 10.4. The number of fused-ring (bicyclic) bond motifs is 1. The molecule has 4 nitrogen and oxygen atoms in total. The highest BCUT2D eigenvalue weighted by Crippen LogP contribution is 2.28. The third-order valence-corrected chi connectivity index (χ3v) is 3.88. The van der Waals surface area contributed by atoms with Crippen LogP contribution >= 0.6 is 12.4 Å². The minimum Gasteiger partial charge on any atom is -0.483 e. The van der Waals surface area contributed by atoms with Crippen molar-refractivity contribution in [3.63, 3.8) is 0 Å². The fraction of sp³-hybridized carbons (Fsp3) is 0.421. The van der Waals surface area contributed by atoms with Crippen LogP contribution in [0.5, 0.6) is 5.75 Å². The Hall–Kier alpha value is -1.78. The number of nitrogens with two attached hydrogens (primary N) is 1. The number of carbonyl (C=O) groups excluding carboxylic acids is 1. The summed E-state index contributed by atoms with van der Waals surface area (Å²) in [5.41, 5.74) is 6.27. The van der Waals surface area contributed by atoms with Crippen LogP contribution in [-0.2, 0) is 11.3 Å². The third-order valence-electron chi connectivity index (χ3n) is 3.88. The number of amides is 1. The summed E-state index contributed by atoms with van der Waals surface area (Å²) < 4.78 is 5.59. The second-order valence-electron chi connectivity index (χ2n) is 5.76. The lowest BCUT2D eigenvalue weighted by molar-refractivity contribution is -0.119. The summed E-state index contributed by atoms with van der Waals surface area (Å²) in [6, 6.07) is 12.1. The standard InChI is InChI=1S/C19H26N2O2.ClH/c1-2-3-4-7-12-21-13-17-16-9-6-5-8-15(16)10-11-18(17)23-14-19(20)22;/h5-6,8-11,21H,2-4,7,12-14H2,1H3,(H2,20,22);1H. The highest BCUT2D eigenvalue weighted by atomic mass is 35.5.